The lowest BCUT2D eigenvalue weighted by molar-refractivity contribution is 0.140. The predicted octanol–water partition coefficient (Wildman–Crippen LogP) is 4.35. The Hall–Kier alpha value is -4.84. The molecule has 0 atom stereocenters. The number of nitrogens with one attached hydrogen (secondary N) is 2. The first-order chi connectivity index (χ1) is 18.6. The molecule has 2 N–H and O–H groups in total. The van der Waals surface area contributed by atoms with Crippen molar-refractivity contribution >= 4 is 44.2 Å². The first-order valence-electron chi connectivity index (χ1n) is 11.9. The van der Waals surface area contributed by atoms with Gasteiger partial charge in [-0.15, -0.1) is 0 Å². The second kappa shape index (κ2) is 10.3. The summed E-state index contributed by atoms with van der Waals surface area (Å²) < 4.78 is 9.05. The minimum Gasteiger partial charge on any atom is -0.445 e. The highest BCUT2D eigenvalue weighted by Crippen LogP contribution is 2.31. The van der Waals surface area contributed by atoms with Gasteiger partial charge in [0.15, 0.2) is 11.5 Å². The Balaban J connectivity index is 1.24. The number of rotatable bonds is 8. The van der Waals surface area contributed by atoms with Crippen LogP contribution in [0.15, 0.2) is 73.6 Å². The van der Waals surface area contributed by atoms with E-state index in [1.165, 1.54) is 11.3 Å². The van der Waals surface area contributed by atoms with Crippen LogP contribution in [0.25, 0.3) is 27.3 Å². The van der Waals surface area contributed by atoms with Gasteiger partial charge in [-0.25, -0.2) is 19.7 Å². The van der Waals surface area contributed by atoms with Gasteiger partial charge >= 0.3 is 6.09 Å². The van der Waals surface area contributed by atoms with Gasteiger partial charge in [-0.05, 0) is 5.56 Å². The lowest BCUT2D eigenvalue weighted by Crippen LogP contribution is -2.26. The maximum atomic E-state index is 12.2. The van der Waals surface area contributed by atoms with E-state index in [-0.39, 0.29) is 6.61 Å². The average Bonchev–Trinajstić information content (AvgIpc) is 3.66. The number of ether oxygens (including phenoxy) is 1. The number of anilines is 2. The van der Waals surface area contributed by atoms with Gasteiger partial charge in [0.05, 0.1) is 28.8 Å². The highest BCUT2D eigenvalue weighted by atomic mass is 32.1. The van der Waals surface area contributed by atoms with E-state index < -0.39 is 6.09 Å². The minimum atomic E-state index is -0.475. The number of fused-ring (bicyclic) bond motifs is 2. The summed E-state index contributed by atoms with van der Waals surface area (Å²) in [6, 6.07) is 11.5. The van der Waals surface area contributed by atoms with Gasteiger partial charge < -0.3 is 15.4 Å². The third-order valence-corrected chi connectivity index (χ3v) is 6.76. The predicted molar refractivity (Wildman–Crippen MR) is 144 cm³/mol. The summed E-state index contributed by atoms with van der Waals surface area (Å²) >= 11 is 1.49. The summed E-state index contributed by atoms with van der Waals surface area (Å²) in [5.74, 6) is 0.593. The summed E-state index contributed by atoms with van der Waals surface area (Å²) in [6.07, 6.45) is 10.8. The third-order valence-electron chi connectivity index (χ3n) is 5.81. The molecule has 0 aliphatic carbocycles. The molecule has 0 unspecified atom stereocenters. The van der Waals surface area contributed by atoms with Crippen LogP contribution in [0.4, 0.5) is 15.6 Å². The fourth-order valence-corrected chi connectivity index (χ4v) is 4.88. The maximum absolute atomic E-state index is 12.2. The summed E-state index contributed by atoms with van der Waals surface area (Å²) in [5, 5.41) is 11.3. The molecule has 0 radical (unpaired) electrons. The van der Waals surface area contributed by atoms with Crippen molar-refractivity contribution in [3.8, 4) is 11.3 Å². The monoisotopic (exact) mass is 525 g/mol. The van der Waals surface area contributed by atoms with Crippen LogP contribution in [0.2, 0.25) is 0 Å². The van der Waals surface area contributed by atoms with Crippen molar-refractivity contribution < 1.29 is 9.53 Å². The summed E-state index contributed by atoms with van der Waals surface area (Å²) in [6.45, 7) is 0.576. The summed E-state index contributed by atoms with van der Waals surface area (Å²) in [5.41, 5.74) is 4.99. The number of amides is 1. The molecular weight excluding hydrogens is 502 g/mol. The Labute approximate surface area is 221 Å². The normalized spacial score (nSPS) is 11.2. The van der Waals surface area contributed by atoms with Gasteiger partial charge in [-0.1, -0.05) is 41.7 Å². The number of aryl methyl sites for hydroxylation is 1. The molecule has 5 aromatic heterocycles. The van der Waals surface area contributed by atoms with Gasteiger partial charge in [-0.3, -0.25) is 14.1 Å². The fraction of sp³-hybridized carbons (Fsp3) is 0.154. The van der Waals surface area contributed by atoms with E-state index in [4.69, 9.17) is 9.72 Å². The number of alkyl carbamates (subject to hydrolysis) is 1. The molecular formula is C26H23N9O2S. The Morgan fingerprint density at radius 2 is 1.95 bits per heavy atom. The van der Waals surface area contributed by atoms with Crippen LogP contribution in [0, 0.1) is 0 Å². The van der Waals surface area contributed by atoms with E-state index in [1.807, 2.05) is 60.2 Å². The van der Waals surface area contributed by atoms with E-state index in [0.29, 0.717) is 24.4 Å². The Morgan fingerprint density at radius 3 is 2.76 bits per heavy atom. The third kappa shape index (κ3) is 5.02. The number of hydrogen-bond acceptors (Lipinski definition) is 9. The Morgan fingerprint density at radius 1 is 1.08 bits per heavy atom. The first kappa shape index (κ1) is 23.6. The zero-order valence-electron chi connectivity index (χ0n) is 20.4. The number of benzene rings is 1. The number of thiophene rings is 1. The molecule has 190 valence electrons. The van der Waals surface area contributed by atoms with E-state index in [1.54, 1.807) is 29.5 Å². The van der Waals surface area contributed by atoms with Crippen LogP contribution in [0.3, 0.4) is 0 Å². The minimum absolute atomic E-state index is 0.216. The molecule has 0 fully saturated rings. The number of carbonyl (C=O) groups is 1. The second-order valence-electron chi connectivity index (χ2n) is 8.54. The molecule has 38 heavy (non-hydrogen) atoms. The Bertz CT molecular complexity index is 1690. The number of imidazole rings is 1. The van der Waals surface area contributed by atoms with E-state index in [0.717, 1.165) is 37.9 Å². The largest absolute Gasteiger partial charge is 0.445 e. The molecule has 0 bridgehead atoms. The average molecular weight is 526 g/mol. The molecule has 0 spiro atoms. The lowest BCUT2D eigenvalue weighted by Gasteiger charge is -2.11. The summed E-state index contributed by atoms with van der Waals surface area (Å²) in [4.78, 5) is 31.3. The van der Waals surface area contributed by atoms with Gasteiger partial charge in [0, 0.05) is 56.4 Å². The smallest absolute Gasteiger partial charge is 0.407 e. The number of nitrogens with zero attached hydrogens (tertiary/aromatic N) is 7. The zero-order valence-corrected chi connectivity index (χ0v) is 21.2. The molecule has 0 saturated carbocycles. The van der Waals surface area contributed by atoms with Crippen LogP contribution < -0.4 is 10.6 Å². The SMILES string of the molecule is Cn1cc(-c2cnc3c(Nc4cc5nccnc5s4)nc(CCNC(=O)OCc4ccccc4)cn23)cn1. The Kier molecular flexibility index (Phi) is 6.36. The highest BCUT2D eigenvalue weighted by Gasteiger charge is 2.16. The van der Waals surface area contributed by atoms with Crippen LogP contribution in [-0.2, 0) is 24.8 Å². The number of hydrogen-bond donors (Lipinski definition) is 2. The van der Waals surface area contributed by atoms with Gasteiger partial charge in [0.2, 0.25) is 0 Å². The molecule has 11 nitrogen and oxygen atoms in total. The molecule has 1 amide bonds. The molecule has 0 aliphatic rings. The quantitative estimate of drug-likeness (QED) is 0.301. The fourth-order valence-electron chi connectivity index (χ4n) is 4.03. The highest BCUT2D eigenvalue weighted by molar-refractivity contribution is 7.22. The molecule has 6 aromatic rings. The van der Waals surface area contributed by atoms with Crippen molar-refractivity contribution in [1.29, 1.82) is 0 Å². The second-order valence-corrected chi connectivity index (χ2v) is 9.57. The molecule has 0 saturated heterocycles. The van der Waals surface area contributed by atoms with Gasteiger partial charge in [0.25, 0.3) is 0 Å². The summed E-state index contributed by atoms with van der Waals surface area (Å²) in [7, 11) is 1.87. The van der Waals surface area contributed by atoms with Crippen molar-refractivity contribution in [1.82, 2.24) is 39.4 Å². The van der Waals surface area contributed by atoms with Crippen LogP contribution in [-0.4, -0.2) is 46.8 Å². The molecule has 5 heterocycles. The molecule has 1 aromatic carbocycles. The topological polar surface area (TPSA) is 124 Å². The van der Waals surface area contributed by atoms with Gasteiger partial charge in [-0.2, -0.15) is 5.10 Å². The van der Waals surface area contributed by atoms with E-state index in [9.17, 15) is 4.79 Å². The molecule has 0 aliphatic heterocycles. The van der Waals surface area contributed by atoms with Crippen molar-refractivity contribution in [2.75, 3.05) is 11.9 Å². The standard InChI is InChI=1S/C26H23N9O2S/c1-34-14-18(12-31-34)21-13-30-24-23(33-22-11-20-25(38-22)28-10-9-27-20)32-19(15-35(21)24)7-8-29-26(36)37-16-17-5-3-2-4-6-17/h2-6,9-15H,7-8,16H2,1H3,(H,29,36)(H,32,33). The van der Waals surface area contributed by atoms with Crippen molar-refractivity contribution in [3.63, 3.8) is 0 Å². The molecule has 12 heteroatoms. The van der Waals surface area contributed by atoms with E-state index >= 15 is 0 Å². The van der Waals surface area contributed by atoms with Crippen LogP contribution in [0.1, 0.15) is 11.3 Å². The first-order valence-corrected chi connectivity index (χ1v) is 12.7. The van der Waals surface area contributed by atoms with Crippen LogP contribution >= 0.6 is 11.3 Å². The van der Waals surface area contributed by atoms with Gasteiger partial charge in [0.1, 0.15) is 17.0 Å². The zero-order chi connectivity index (χ0) is 25.9. The number of carbonyl (C=O) groups excluding carboxylic acids is 1. The number of aromatic nitrogens is 7. The molecule has 6 rings (SSSR count). The maximum Gasteiger partial charge on any atom is 0.407 e. The van der Waals surface area contributed by atoms with E-state index in [2.05, 4.69) is 30.7 Å². The van der Waals surface area contributed by atoms with Crippen molar-refractivity contribution in [3.05, 3.63) is 84.8 Å². The van der Waals surface area contributed by atoms with Crippen molar-refractivity contribution in [2.24, 2.45) is 7.05 Å². The lowest BCUT2D eigenvalue weighted by atomic mass is 10.2. The van der Waals surface area contributed by atoms with Crippen molar-refractivity contribution in [2.45, 2.75) is 13.0 Å². The van der Waals surface area contributed by atoms with Crippen LogP contribution in [0.5, 0.6) is 0 Å².